The lowest BCUT2D eigenvalue weighted by Gasteiger charge is -2.20. The third kappa shape index (κ3) is 8.99. The third-order valence-electron chi connectivity index (χ3n) is 7.85. The number of azo groups is 1. The zero-order chi connectivity index (χ0) is 41.3. The van der Waals surface area contributed by atoms with E-state index in [9.17, 15) is 53.6 Å². The quantitative estimate of drug-likeness (QED) is 0.0318. The summed E-state index contributed by atoms with van der Waals surface area (Å²) in [7, 11) is -15.3. The van der Waals surface area contributed by atoms with Crippen molar-refractivity contribution < 1.29 is 53.6 Å². The van der Waals surface area contributed by atoms with Crippen molar-refractivity contribution in [2.24, 2.45) is 20.4 Å². The molecule has 0 bridgehead atoms. The minimum absolute atomic E-state index is 0.103. The number of carbonyl (C=O) groups excluding carboxylic acids is 2. The van der Waals surface area contributed by atoms with Gasteiger partial charge in [0.25, 0.3) is 30.4 Å². The fourth-order valence-corrected chi connectivity index (χ4v) is 7.23. The number of para-hydroxylation sites is 1. The number of nitrogens with zero attached hydrogens (tertiary/aromatic N) is 4. The van der Waals surface area contributed by atoms with Crippen LogP contribution in [0.1, 0.15) is 15.9 Å². The van der Waals surface area contributed by atoms with Crippen molar-refractivity contribution in [3.8, 4) is 0 Å². The molecule has 0 aromatic heterocycles. The SMILES string of the molecule is Nc1c(N=Nc2ccc(Nc3ccc(NN=C4C=CC(=O)C=C4O)cc3)c(S(=O)(=O)O)c2)c(S(=O)(=O)O)cc2c1C(=O)C(=NNc1ccccc1)C(S(=O)(=O)O)=C2. The first-order valence-corrected chi connectivity index (χ1v) is 20.1. The van der Waals surface area contributed by atoms with Gasteiger partial charge in [-0.3, -0.25) is 34.1 Å². The molecule has 0 aliphatic heterocycles. The molecule has 57 heavy (non-hydrogen) atoms. The Balaban J connectivity index is 1.33. The van der Waals surface area contributed by atoms with Gasteiger partial charge in [0.15, 0.2) is 11.5 Å². The Hall–Kier alpha value is -6.89. The number of ketones is 2. The minimum atomic E-state index is -5.23. The summed E-state index contributed by atoms with van der Waals surface area (Å²) < 4.78 is 104. The van der Waals surface area contributed by atoms with Crippen molar-refractivity contribution in [3.63, 3.8) is 0 Å². The van der Waals surface area contributed by atoms with Crippen molar-refractivity contribution in [2.75, 3.05) is 21.9 Å². The summed E-state index contributed by atoms with van der Waals surface area (Å²) in [5.41, 5.74) is 8.80. The highest BCUT2D eigenvalue weighted by atomic mass is 32.2. The Labute approximate surface area is 322 Å². The molecule has 0 unspecified atom stereocenters. The van der Waals surface area contributed by atoms with Gasteiger partial charge in [0.05, 0.1) is 34.0 Å². The maximum Gasteiger partial charge on any atom is 0.296 e. The number of nitrogen functional groups attached to an aromatic ring is 1. The Morgan fingerprint density at radius 1 is 0.649 bits per heavy atom. The molecule has 0 heterocycles. The van der Waals surface area contributed by atoms with E-state index in [0.717, 1.165) is 12.1 Å². The van der Waals surface area contributed by atoms with Crippen LogP contribution in [-0.2, 0) is 35.1 Å². The number of hydrogen-bond acceptors (Lipinski definition) is 17. The van der Waals surface area contributed by atoms with Crippen LogP contribution in [-0.4, -0.2) is 67.0 Å². The van der Waals surface area contributed by atoms with Gasteiger partial charge in [-0.05, 0) is 84.5 Å². The van der Waals surface area contributed by atoms with E-state index >= 15 is 0 Å². The molecular weight excluding hydrogens is 809 g/mol. The van der Waals surface area contributed by atoms with E-state index in [1.54, 1.807) is 18.2 Å². The molecule has 0 spiro atoms. The molecule has 0 saturated carbocycles. The summed E-state index contributed by atoms with van der Waals surface area (Å²) in [6.45, 7) is 0. The van der Waals surface area contributed by atoms with Crippen molar-refractivity contribution in [1.82, 2.24) is 0 Å². The largest absolute Gasteiger partial charge is 0.505 e. The number of anilines is 5. The summed E-state index contributed by atoms with van der Waals surface area (Å²) in [6, 6.07) is 18.0. The summed E-state index contributed by atoms with van der Waals surface area (Å²) in [5, 5.41) is 28.1. The number of nitrogens with one attached hydrogen (secondary N) is 3. The number of benzene rings is 4. The molecule has 0 fully saturated rings. The molecule has 0 saturated heterocycles. The highest BCUT2D eigenvalue weighted by molar-refractivity contribution is 7.91. The summed E-state index contributed by atoms with van der Waals surface area (Å²) in [4.78, 5) is 22.3. The molecule has 20 nitrogen and oxygen atoms in total. The van der Waals surface area contributed by atoms with Crippen LogP contribution in [0.2, 0.25) is 0 Å². The number of carbonyl (C=O) groups is 2. The van der Waals surface area contributed by atoms with Gasteiger partial charge < -0.3 is 16.2 Å². The van der Waals surface area contributed by atoms with Crippen LogP contribution >= 0.6 is 0 Å². The Kier molecular flexibility index (Phi) is 10.7. The van der Waals surface area contributed by atoms with Crippen LogP contribution in [0, 0.1) is 0 Å². The molecule has 2 aliphatic rings. The smallest absolute Gasteiger partial charge is 0.296 e. The van der Waals surface area contributed by atoms with Crippen molar-refractivity contribution in [1.29, 1.82) is 0 Å². The zero-order valence-electron chi connectivity index (χ0n) is 28.5. The van der Waals surface area contributed by atoms with Crippen molar-refractivity contribution in [2.45, 2.75) is 9.79 Å². The van der Waals surface area contributed by atoms with Crippen LogP contribution in [0.5, 0.6) is 0 Å². The first-order valence-electron chi connectivity index (χ1n) is 15.7. The number of aliphatic hydroxyl groups is 1. The normalized spacial score (nSPS) is 16.1. The molecule has 2 aliphatic carbocycles. The summed E-state index contributed by atoms with van der Waals surface area (Å²) in [5.74, 6) is -1.93. The van der Waals surface area contributed by atoms with E-state index in [0.29, 0.717) is 29.2 Å². The zero-order valence-corrected chi connectivity index (χ0v) is 30.9. The van der Waals surface area contributed by atoms with E-state index in [4.69, 9.17) is 5.73 Å². The minimum Gasteiger partial charge on any atom is -0.505 e. The first-order chi connectivity index (χ1) is 26.8. The van der Waals surface area contributed by atoms with Crippen LogP contribution < -0.4 is 21.9 Å². The molecule has 0 atom stereocenters. The van der Waals surface area contributed by atoms with E-state index in [-0.39, 0.29) is 22.8 Å². The van der Waals surface area contributed by atoms with Gasteiger partial charge >= 0.3 is 0 Å². The summed E-state index contributed by atoms with van der Waals surface area (Å²) in [6.07, 6.45) is 4.25. The van der Waals surface area contributed by atoms with Crippen molar-refractivity contribution in [3.05, 3.63) is 119 Å². The number of allylic oxidation sites excluding steroid dienone is 4. The molecule has 4 aromatic rings. The number of nitrogens with two attached hydrogens (primary N) is 1. The second-order valence-corrected chi connectivity index (χ2v) is 15.9. The fourth-order valence-electron chi connectivity index (χ4n) is 5.23. The number of hydrazone groups is 2. The van der Waals surface area contributed by atoms with Gasteiger partial charge in [-0.25, -0.2) is 0 Å². The molecule has 9 N–H and O–H groups in total. The standard InChI is InChI=1S/C34H26N8O12S3/c35-31-30-18(15-29(57(52,53)54)33(34(30)45)42-38-20-4-2-1-3-5-20)14-28(56(49,50)51)32(31)41-39-22-10-12-25(27(16-22)55(46,47)48)36-19-6-8-21(9-7-19)37-40-24-13-11-23(43)17-26(24)44/h1-17,36-38,44H,35H2,(H,46,47,48)(H,49,50,51)(H,52,53,54). The second kappa shape index (κ2) is 15.3. The van der Waals surface area contributed by atoms with Gasteiger partial charge in [0.2, 0.25) is 5.78 Å². The number of aliphatic hydroxyl groups excluding tert-OH is 1. The third-order valence-corrected chi connectivity index (χ3v) is 10.5. The molecule has 0 radical (unpaired) electrons. The fraction of sp³-hybridized carbons (Fsp3) is 0. The van der Waals surface area contributed by atoms with Crippen LogP contribution in [0.3, 0.4) is 0 Å². The Bertz CT molecular complexity index is 2890. The number of rotatable bonds is 11. The monoisotopic (exact) mass is 834 g/mol. The molecular formula is C34H26N8O12S3. The Morgan fingerprint density at radius 3 is 1.91 bits per heavy atom. The van der Waals surface area contributed by atoms with Gasteiger partial charge in [-0.1, -0.05) is 18.2 Å². The molecule has 0 amide bonds. The molecule has 4 aromatic carbocycles. The lowest BCUT2D eigenvalue weighted by molar-refractivity contribution is -0.110. The lowest BCUT2D eigenvalue weighted by atomic mass is 9.92. The lowest BCUT2D eigenvalue weighted by Crippen LogP contribution is -2.28. The Morgan fingerprint density at radius 2 is 1.28 bits per heavy atom. The van der Waals surface area contributed by atoms with Crippen LogP contribution in [0.15, 0.2) is 138 Å². The van der Waals surface area contributed by atoms with E-state index < -0.39 is 84.8 Å². The van der Waals surface area contributed by atoms with Crippen molar-refractivity contribution >= 4 is 99.2 Å². The predicted octanol–water partition coefficient (Wildman–Crippen LogP) is 5.16. The van der Waals surface area contributed by atoms with Gasteiger partial charge in [0.1, 0.15) is 31.9 Å². The number of fused-ring (bicyclic) bond motifs is 1. The van der Waals surface area contributed by atoms with E-state index in [1.165, 1.54) is 60.7 Å². The highest BCUT2D eigenvalue weighted by Gasteiger charge is 2.37. The van der Waals surface area contributed by atoms with Gasteiger partial charge in [0, 0.05) is 11.8 Å². The van der Waals surface area contributed by atoms with Gasteiger partial charge in [-0.15, -0.1) is 5.11 Å². The first kappa shape index (κ1) is 39.8. The summed E-state index contributed by atoms with van der Waals surface area (Å²) >= 11 is 0. The maximum absolute atomic E-state index is 13.7. The van der Waals surface area contributed by atoms with E-state index in [2.05, 4.69) is 36.6 Å². The second-order valence-electron chi connectivity index (χ2n) is 11.8. The average Bonchev–Trinajstić information content (AvgIpc) is 3.13. The highest BCUT2D eigenvalue weighted by Crippen LogP contribution is 2.41. The molecule has 23 heteroatoms. The number of hydrogen-bond donors (Lipinski definition) is 8. The average molecular weight is 835 g/mol. The maximum atomic E-state index is 13.7. The molecule has 292 valence electrons. The molecule has 6 rings (SSSR count). The topological polar surface area (TPSA) is 329 Å². The van der Waals surface area contributed by atoms with Crippen LogP contribution in [0.25, 0.3) is 6.08 Å². The predicted molar refractivity (Wildman–Crippen MR) is 208 cm³/mol. The van der Waals surface area contributed by atoms with Gasteiger partial charge in [-0.2, -0.15) is 40.6 Å². The van der Waals surface area contributed by atoms with E-state index in [1.807, 2.05) is 0 Å². The van der Waals surface area contributed by atoms with Crippen LogP contribution in [0.4, 0.5) is 39.8 Å². The number of Topliss-reactive ketones (excluding diaryl/α,β-unsaturated/α-hetero) is 1.